The summed E-state index contributed by atoms with van der Waals surface area (Å²) in [6.07, 6.45) is 2.37. The average molecular weight is 501 g/mol. The number of carbonyl (C=O) groups excluding carboxylic acids is 2. The molecule has 4 rings (SSSR count). The van der Waals surface area contributed by atoms with Crippen molar-refractivity contribution in [2.75, 3.05) is 5.32 Å². The number of benzene rings is 2. The van der Waals surface area contributed by atoms with E-state index >= 15 is 0 Å². The van der Waals surface area contributed by atoms with E-state index < -0.39 is 0 Å². The first-order valence-corrected chi connectivity index (χ1v) is 11.9. The van der Waals surface area contributed by atoms with Crippen molar-refractivity contribution in [2.45, 2.75) is 45.6 Å². The maximum Gasteiger partial charge on any atom is 0.342 e. The number of halogens is 2. The number of aromatic hydroxyl groups is 1. The molecular formula is C25H26Cl2N4O3. The highest BCUT2D eigenvalue weighted by Crippen LogP contribution is 2.42. The van der Waals surface area contributed by atoms with Crippen LogP contribution in [0.15, 0.2) is 42.5 Å². The number of rotatable bonds is 7. The summed E-state index contributed by atoms with van der Waals surface area (Å²) in [4.78, 5) is 25.0. The van der Waals surface area contributed by atoms with Crippen LogP contribution in [-0.4, -0.2) is 26.8 Å². The molecule has 3 N–H and O–H groups in total. The van der Waals surface area contributed by atoms with Crippen LogP contribution in [-0.2, 0) is 11.3 Å². The van der Waals surface area contributed by atoms with E-state index in [1.165, 1.54) is 10.7 Å². The van der Waals surface area contributed by atoms with Gasteiger partial charge >= 0.3 is 6.03 Å². The van der Waals surface area contributed by atoms with Crippen LogP contribution < -0.4 is 10.6 Å². The number of hydrogen-bond acceptors (Lipinski definition) is 4. The van der Waals surface area contributed by atoms with E-state index in [9.17, 15) is 14.7 Å². The molecule has 0 unspecified atom stereocenters. The molecule has 0 saturated heterocycles. The van der Waals surface area contributed by atoms with Crippen LogP contribution in [0, 0.1) is 5.92 Å². The van der Waals surface area contributed by atoms with Crippen LogP contribution in [0.2, 0.25) is 10.0 Å². The molecule has 1 fully saturated rings. The molecule has 1 aliphatic rings. The first-order valence-electron chi connectivity index (χ1n) is 11.2. The van der Waals surface area contributed by atoms with Crippen LogP contribution in [0.3, 0.4) is 0 Å². The van der Waals surface area contributed by atoms with Crippen LogP contribution in [0.5, 0.6) is 5.75 Å². The lowest BCUT2D eigenvalue weighted by molar-refractivity contribution is -0.116. The van der Waals surface area contributed by atoms with Gasteiger partial charge in [-0.1, -0.05) is 43.1 Å². The summed E-state index contributed by atoms with van der Waals surface area (Å²) in [6.45, 7) is 4.20. The van der Waals surface area contributed by atoms with Gasteiger partial charge in [0.05, 0.1) is 21.4 Å². The molecule has 1 saturated carbocycles. The van der Waals surface area contributed by atoms with E-state index in [0.29, 0.717) is 33.4 Å². The molecule has 1 heterocycles. The molecule has 3 aromatic rings. The quantitative estimate of drug-likeness (QED) is 0.360. The number of carbonyl (C=O) groups is 2. The second-order valence-electron chi connectivity index (χ2n) is 8.93. The smallest absolute Gasteiger partial charge is 0.342 e. The molecule has 178 valence electrons. The molecule has 0 spiro atoms. The Kier molecular flexibility index (Phi) is 7.14. The van der Waals surface area contributed by atoms with Gasteiger partial charge in [0.15, 0.2) is 0 Å². The minimum atomic E-state index is -0.365. The molecule has 0 bridgehead atoms. The summed E-state index contributed by atoms with van der Waals surface area (Å²) < 4.78 is 1.36. The van der Waals surface area contributed by atoms with Crippen molar-refractivity contribution in [1.29, 1.82) is 0 Å². The molecule has 9 heteroatoms. The van der Waals surface area contributed by atoms with E-state index in [0.717, 1.165) is 24.1 Å². The summed E-state index contributed by atoms with van der Waals surface area (Å²) in [5, 5.41) is 21.6. The SMILES string of the molecule is CC(C)CC(=O)Nc1ccc(-c2cc(C3CC3)n(C(=O)NCc3ccc(Cl)c(Cl)c3)n2)c(O)c1. The molecule has 2 amide bonds. The fraction of sp³-hybridized carbons (Fsp3) is 0.320. The average Bonchev–Trinajstić information content (AvgIpc) is 3.52. The third-order valence-corrected chi connectivity index (χ3v) is 6.24. The van der Waals surface area contributed by atoms with Crippen molar-refractivity contribution in [1.82, 2.24) is 15.1 Å². The fourth-order valence-corrected chi connectivity index (χ4v) is 3.99. The number of amides is 2. The lowest BCUT2D eigenvalue weighted by atomic mass is 10.1. The molecular weight excluding hydrogens is 475 g/mol. The maximum atomic E-state index is 12.9. The van der Waals surface area contributed by atoms with Gasteiger partial charge in [0.2, 0.25) is 5.91 Å². The highest BCUT2D eigenvalue weighted by Gasteiger charge is 2.30. The van der Waals surface area contributed by atoms with Gasteiger partial charge in [-0.25, -0.2) is 4.79 Å². The molecule has 1 aromatic heterocycles. The minimum absolute atomic E-state index is 0.0226. The third-order valence-electron chi connectivity index (χ3n) is 5.50. The number of nitrogens with zero attached hydrogens (tertiary/aromatic N) is 2. The summed E-state index contributed by atoms with van der Waals surface area (Å²) in [5.74, 6) is 0.362. The van der Waals surface area contributed by atoms with Gasteiger partial charge < -0.3 is 15.7 Å². The highest BCUT2D eigenvalue weighted by atomic mass is 35.5. The van der Waals surface area contributed by atoms with Crippen molar-refractivity contribution in [2.24, 2.45) is 5.92 Å². The lowest BCUT2D eigenvalue weighted by Gasteiger charge is -2.09. The van der Waals surface area contributed by atoms with E-state index in [1.54, 1.807) is 30.3 Å². The van der Waals surface area contributed by atoms with E-state index in [2.05, 4.69) is 15.7 Å². The molecule has 0 atom stereocenters. The Balaban J connectivity index is 1.52. The van der Waals surface area contributed by atoms with Crippen molar-refractivity contribution < 1.29 is 14.7 Å². The second-order valence-corrected chi connectivity index (χ2v) is 9.74. The molecule has 1 aliphatic carbocycles. The zero-order valence-electron chi connectivity index (χ0n) is 18.9. The monoisotopic (exact) mass is 500 g/mol. The number of phenols is 1. The zero-order valence-corrected chi connectivity index (χ0v) is 20.5. The Morgan fingerprint density at radius 2 is 1.88 bits per heavy atom. The number of anilines is 1. The van der Waals surface area contributed by atoms with E-state index in [4.69, 9.17) is 23.2 Å². The standard InChI is InChI=1S/C25H26Cl2N4O3/c1-14(2)9-24(33)29-17-6-7-18(23(32)11-17)21-12-22(16-4-5-16)31(30-21)25(34)28-13-15-3-8-19(26)20(27)10-15/h3,6-8,10-12,14,16,32H,4-5,9,13H2,1-2H3,(H,28,34)(H,29,33). The Hall–Kier alpha value is -3.03. The van der Waals surface area contributed by atoms with Gasteiger partial charge in [-0.05, 0) is 54.7 Å². The Morgan fingerprint density at radius 3 is 2.53 bits per heavy atom. The number of nitrogens with one attached hydrogen (secondary N) is 2. The summed E-state index contributed by atoms with van der Waals surface area (Å²) in [5.41, 5.74) is 3.10. The van der Waals surface area contributed by atoms with Gasteiger partial charge in [0.1, 0.15) is 5.75 Å². The molecule has 0 aliphatic heterocycles. The van der Waals surface area contributed by atoms with E-state index in [-0.39, 0.29) is 36.1 Å². The Labute approximate surface area is 208 Å². The van der Waals surface area contributed by atoms with Crippen molar-refractivity contribution in [3.63, 3.8) is 0 Å². The third kappa shape index (κ3) is 5.72. The van der Waals surface area contributed by atoms with Gasteiger partial charge in [0, 0.05) is 36.2 Å². The van der Waals surface area contributed by atoms with Gasteiger partial charge in [-0.2, -0.15) is 9.78 Å². The fourth-order valence-electron chi connectivity index (χ4n) is 3.67. The first kappa shape index (κ1) is 24.1. The highest BCUT2D eigenvalue weighted by molar-refractivity contribution is 6.42. The number of aromatic nitrogens is 2. The predicted octanol–water partition coefficient (Wildman–Crippen LogP) is 6.18. The lowest BCUT2D eigenvalue weighted by Crippen LogP contribution is -2.30. The summed E-state index contributed by atoms with van der Waals surface area (Å²) in [7, 11) is 0. The molecule has 0 radical (unpaired) electrons. The topological polar surface area (TPSA) is 96.3 Å². The Morgan fingerprint density at radius 1 is 1.12 bits per heavy atom. The zero-order chi connectivity index (χ0) is 24.4. The van der Waals surface area contributed by atoms with Gasteiger partial charge in [-0.15, -0.1) is 0 Å². The number of phenolic OH excluding ortho intramolecular Hbond substituents is 1. The molecule has 7 nitrogen and oxygen atoms in total. The number of hydrogen-bond donors (Lipinski definition) is 3. The minimum Gasteiger partial charge on any atom is -0.507 e. The van der Waals surface area contributed by atoms with Crippen LogP contribution in [0.4, 0.5) is 10.5 Å². The van der Waals surface area contributed by atoms with E-state index in [1.807, 2.05) is 19.9 Å². The van der Waals surface area contributed by atoms with Crippen LogP contribution in [0.1, 0.15) is 50.3 Å². The normalized spacial score (nSPS) is 13.2. The second kappa shape index (κ2) is 10.1. The molecule has 34 heavy (non-hydrogen) atoms. The summed E-state index contributed by atoms with van der Waals surface area (Å²) >= 11 is 12.0. The first-order chi connectivity index (χ1) is 16.2. The van der Waals surface area contributed by atoms with Crippen LogP contribution in [0.25, 0.3) is 11.3 Å². The van der Waals surface area contributed by atoms with Crippen molar-refractivity contribution in [3.05, 3.63) is 63.8 Å². The maximum absolute atomic E-state index is 12.9. The van der Waals surface area contributed by atoms with Crippen LogP contribution >= 0.6 is 23.2 Å². The Bertz CT molecular complexity index is 1230. The van der Waals surface area contributed by atoms with Crippen molar-refractivity contribution >= 4 is 40.8 Å². The van der Waals surface area contributed by atoms with Gasteiger partial charge in [0.25, 0.3) is 0 Å². The van der Waals surface area contributed by atoms with Gasteiger partial charge in [-0.3, -0.25) is 4.79 Å². The van der Waals surface area contributed by atoms with Crippen molar-refractivity contribution in [3.8, 4) is 17.0 Å². The predicted molar refractivity (Wildman–Crippen MR) is 133 cm³/mol. The largest absolute Gasteiger partial charge is 0.507 e. The summed E-state index contributed by atoms with van der Waals surface area (Å²) in [6, 6.07) is 11.6. The molecule has 2 aromatic carbocycles.